The maximum absolute atomic E-state index is 10.8. The van der Waals surface area contributed by atoms with E-state index in [9.17, 15) is 4.79 Å². The van der Waals surface area contributed by atoms with E-state index in [1.54, 1.807) is 7.05 Å². The summed E-state index contributed by atoms with van der Waals surface area (Å²) in [6, 6.07) is 0. The summed E-state index contributed by atoms with van der Waals surface area (Å²) in [5, 5.41) is 2.72. The molecule has 0 rings (SSSR count). The molecule has 74 valence electrons. The lowest BCUT2D eigenvalue weighted by molar-refractivity contribution is -0.153. The van der Waals surface area contributed by atoms with Crippen LogP contribution < -0.4 is 5.32 Å². The van der Waals surface area contributed by atoms with Crippen molar-refractivity contribution in [3.63, 3.8) is 0 Å². The summed E-state index contributed by atoms with van der Waals surface area (Å²) in [6.45, 7) is 9.82. The first-order valence-electron chi connectivity index (χ1n) is 4.32. The van der Waals surface area contributed by atoms with Crippen molar-refractivity contribution in [1.29, 1.82) is 0 Å². The molecule has 0 heterocycles. The van der Waals surface area contributed by atoms with Crippen LogP contribution in [0, 0.1) is 0 Å². The molecule has 0 saturated heterocycles. The van der Waals surface area contributed by atoms with Crippen molar-refractivity contribution in [3.05, 3.63) is 0 Å². The summed E-state index contributed by atoms with van der Waals surface area (Å²) in [4.78, 5) is 10.8. The Morgan fingerprint density at radius 2 is 1.75 bits per heavy atom. The van der Waals surface area contributed by atoms with Gasteiger partial charge in [-0.25, -0.2) is 0 Å². The van der Waals surface area contributed by atoms with Crippen LogP contribution >= 0.6 is 0 Å². The molecule has 0 aromatic heterocycles. The number of esters is 1. The van der Waals surface area contributed by atoms with Gasteiger partial charge in [0.25, 0.3) is 0 Å². The van der Waals surface area contributed by atoms with E-state index in [-0.39, 0.29) is 18.1 Å². The van der Waals surface area contributed by atoms with Gasteiger partial charge in [0.1, 0.15) is 5.60 Å². The van der Waals surface area contributed by atoms with Crippen LogP contribution in [-0.2, 0) is 9.53 Å². The first kappa shape index (κ1) is 14.0. The molecular formula is C9H21NO2. The summed E-state index contributed by atoms with van der Waals surface area (Å²) in [5.74, 6) is -0.213. The minimum absolute atomic E-state index is 0.213. The van der Waals surface area contributed by atoms with Crippen molar-refractivity contribution in [2.45, 2.75) is 40.2 Å². The van der Waals surface area contributed by atoms with E-state index in [1.807, 2.05) is 34.6 Å². The van der Waals surface area contributed by atoms with Crippen LogP contribution in [0.5, 0.6) is 0 Å². The van der Waals surface area contributed by atoms with Gasteiger partial charge in [0.05, 0.1) is 6.54 Å². The molecule has 0 radical (unpaired) electrons. The number of hydrogen-bond acceptors (Lipinski definition) is 3. The molecule has 0 saturated carbocycles. The van der Waals surface area contributed by atoms with E-state index in [2.05, 4.69) is 5.32 Å². The van der Waals surface area contributed by atoms with Crippen LogP contribution in [0.2, 0.25) is 0 Å². The highest BCUT2D eigenvalue weighted by atomic mass is 16.6. The zero-order chi connectivity index (χ0) is 10.2. The Labute approximate surface area is 75.5 Å². The Balaban J connectivity index is 0. The van der Waals surface area contributed by atoms with Crippen LogP contribution in [0.3, 0.4) is 0 Å². The van der Waals surface area contributed by atoms with Gasteiger partial charge in [-0.3, -0.25) is 4.79 Å². The van der Waals surface area contributed by atoms with E-state index in [0.717, 1.165) is 0 Å². The Morgan fingerprint density at radius 1 is 1.33 bits per heavy atom. The lowest BCUT2D eigenvalue weighted by Gasteiger charge is -2.19. The number of likely N-dealkylation sites (N-methyl/N-ethyl adjacent to an activating group) is 1. The molecule has 3 heteroatoms. The number of carbonyl (C=O) groups excluding carboxylic acids is 1. The fraction of sp³-hybridized carbons (Fsp3) is 0.889. The molecule has 0 spiro atoms. The second-order valence-electron chi connectivity index (χ2n) is 3.12. The Bertz CT molecular complexity index is 116. The topological polar surface area (TPSA) is 38.3 Å². The maximum atomic E-state index is 10.8. The average molecular weight is 175 g/mol. The van der Waals surface area contributed by atoms with E-state index in [0.29, 0.717) is 0 Å². The quantitative estimate of drug-likeness (QED) is 0.647. The highest BCUT2D eigenvalue weighted by Crippen LogP contribution is 2.05. The molecule has 0 amide bonds. The summed E-state index contributed by atoms with van der Waals surface area (Å²) in [5.41, 5.74) is -0.367. The zero-order valence-corrected chi connectivity index (χ0v) is 9.02. The predicted molar refractivity (Wildman–Crippen MR) is 51.1 cm³/mol. The number of nitrogens with one attached hydrogen (secondary N) is 1. The van der Waals surface area contributed by atoms with Crippen molar-refractivity contribution in [1.82, 2.24) is 5.32 Å². The molecule has 12 heavy (non-hydrogen) atoms. The van der Waals surface area contributed by atoms with E-state index >= 15 is 0 Å². The predicted octanol–water partition coefficient (Wildman–Crippen LogP) is 1.57. The fourth-order valence-electron chi connectivity index (χ4n) is 0.522. The van der Waals surface area contributed by atoms with Gasteiger partial charge in [-0.1, -0.05) is 13.8 Å². The largest absolute Gasteiger partial charge is 0.459 e. The van der Waals surface area contributed by atoms with Crippen LogP contribution in [0.4, 0.5) is 0 Å². The lowest BCUT2D eigenvalue weighted by Crippen LogP contribution is -2.29. The van der Waals surface area contributed by atoms with Gasteiger partial charge >= 0.3 is 5.97 Å². The van der Waals surface area contributed by atoms with Crippen LogP contribution in [-0.4, -0.2) is 25.2 Å². The van der Waals surface area contributed by atoms with Gasteiger partial charge in [0.2, 0.25) is 0 Å². The molecule has 0 unspecified atom stereocenters. The molecule has 0 fully saturated rings. The monoisotopic (exact) mass is 175 g/mol. The number of ether oxygens (including phenoxy) is 1. The van der Waals surface area contributed by atoms with Crippen LogP contribution in [0.1, 0.15) is 34.6 Å². The number of rotatable bonds is 2. The minimum Gasteiger partial charge on any atom is -0.459 e. The molecule has 1 N–H and O–H groups in total. The highest BCUT2D eigenvalue weighted by Gasteiger charge is 2.14. The third-order valence-electron chi connectivity index (χ3n) is 0.741. The summed E-state index contributed by atoms with van der Waals surface area (Å²) >= 11 is 0. The Hall–Kier alpha value is -0.570. The Morgan fingerprint density at radius 3 is 2.00 bits per heavy atom. The van der Waals surface area contributed by atoms with Gasteiger partial charge in [-0.2, -0.15) is 0 Å². The molecule has 0 aromatic rings. The van der Waals surface area contributed by atoms with Gasteiger partial charge < -0.3 is 10.1 Å². The molecular weight excluding hydrogens is 154 g/mol. The van der Waals surface area contributed by atoms with E-state index in [1.165, 1.54) is 0 Å². The van der Waals surface area contributed by atoms with Gasteiger partial charge in [0, 0.05) is 0 Å². The minimum atomic E-state index is -0.367. The first-order chi connectivity index (χ1) is 5.45. The molecule has 0 atom stereocenters. The SMILES string of the molecule is CC.CNCC(=O)OC(C)(C)C. The second-order valence-corrected chi connectivity index (χ2v) is 3.12. The van der Waals surface area contributed by atoms with Crippen molar-refractivity contribution in [3.8, 4) is 0 Å². The molecule has 0 aromatic carbocycles. The normalized spacial score (nSPS) is 9.83. The highest BCUT2D eigenvalue weighted by molar-refractivity contribution is 5.71. The van der Waals surface area contributed by atoms with Crippen LogP contribution in [0.15, 0.2) is 0 Å². The van der Waals surface area contributed by atoms with E-state index < -0.39 is 0 Å². The summed E-state index contributed by atoms with van der Waals surface area (Å²) in [6.07, 6.45) is 0. The van der Waals surface area contributed by atoms with Crippen LogP contribution in [0.25, 0.3) is 0 Å². The molecule has 0 aliphatic carbocycles. The standard InChI is InChI=1S/C7H15NO2.C2H6/c1-7(2,3)10-6(9)5-8-4;1-2/h8H,5H2,1-4H3;1-2H3. The van der Waals surface area contributed by atoms with Crippen molar-refractivity contribution >= 4 is 5.97 Å². The smallest absolute Gasteiger partial charge is 0.320 e. The summed E-state index contributed by atoms with van der Waals surface area (Å²) in [7, 11) is 1.71. The molecule has 0 aliphatic rings. The Kier molecular flexibility index (Phi) is 8.27. The fourth-order valence-corrected chi connectivity index (χ4v) is 0.522. The summed E-state index contributed by atoms with van der Waals surface area (Å²) < 4.78 is 4.98. The lowest BCUT2D eigenvalue weighted by atomic mass is 10.2. The molecule has 0 bridgehead atoms. The molecule has 3 nitrogen and oxygen atoms in total. The van der Waals surface area contributed by atoms with Crippen molar-refractivity contribution in [2.24, 2.45) is 0 Å². The molecule has 0 aliphatic heterocycles. The number of hydrogen-bond donors (Lipinski definition) is 1. The van der Waals surface area contributed by atoms with Gasteiger partial charge in [0.15, 0.2) is 0 Å². The zero-order valence-electron chi connectivity index (χ0n) is 9.02. The third-order valence-corrected chi connectivity index (χ3v) is 0.741. The van der Waals surface area contributed by atoms with E-state index in [4.69, 9.17) is 4.74 Å². The average Bonchev–Trinajstić information content (AvgIpc) is 1.88. The number of carbonyl (C=O) groups is 1. The second kappa shape index (κ2) is 7.10. The van der Waals surface area contributed by atoms with Gasteiger partial charge in [-0.15, -0.1) is 0 Å². The first-order valence-corrected chi connectivity index (χ1v) is 4.32. The van der Waals surface area contributed by atoms with Crippen molar-refractivity contribution in [2.75, 3.05) is 13.6 Å². The van der Waals surface area contributed by atoms with Gasteiger partial charge in [-0.05, 0) is 27.8 Å². The maximum Gasteiger partial charge on any atom is 0.320 e. The third kappa shape index (κ3) is 12.1. The van der Waals surface area contributed by atoms with Crippen molar-refractivity contribution < 1.29 is 9.53 Å².